The van der Waals surface area contributed by atoms with Gasteiger partial charge in [0, 0.05) is 19.5 Å². The largest absolute Gasteiger partial charge is 0.390 e. The summed E-state index contributed by atoms with van der Waals surface area (Å²) >= 11 is 0. The fourth-order valence-corrected chi connectivity index (χ4v) is 1.75. The molecule has 0 radical (unpaired) electrons. The molecular weight excluding hydrogens is 178 g/mol. The highest BCUT2D eigenvalue weighted by atomic mass is 16.3. The smallest absolute Gasteiger partial charge is 0.0905 e. The second-order valence-corrected chi connectivity index (χ2v) is 4.47. The van der Waals surface area contributed by atoms with E-state index in [2.05, 4.69) is 4.90 Å². The van der Waals surface area contributed by atoms with Crippen molar-refractivity contribution in [3.63, 3.8) is 0 Å². The Kier molecular flexibility index (Phi) is 3.89. The number of piperidine rings is 1. The number of hydrogen-bond donors (Lipinski definition) is 3. The molecule has 4 heteroatoms. The van der Waals surface area contributed by atoms with Crippen molar-refractivity contribution in [2.45, 2.75) is 38.2 Å². The first-order chi connectivity index (χ1) is 6.49. The lowest BCUT2D eigenvalue weighted by atomic mass is 9.94. The van der Waals surface area contributed by atoms with E-state index < -0.39 is 5.60 Å². The van der Waals surface area contributed by atoms with Gasteiger partial charge in [0.1, 0.15) is 0 Å². The summed E-state index contributed by atoms with van der Waals surface area (Å²) in [5, 5.41) is 16.8. The number of nitrogens with one attached hydrogen (secondary N) is 1. The van der Waals surface area contributed by atoms with Crippen molar-refractivity contribution in [1.82, 2.24) is 4.90 Å². The third-order valence-corrected chi connectivity index (χ3v) is 2.85. The highest BCUT2D eigenvalue weighted by Gasteiger charge is 2.26. The molecule has 0 bridgehead atoms. The van der Waals surface area contributed by atoms with E-state index in [1.54, 1.807) is 0 Å². The summed E-state index contributed by atoms with van der Waals surface area (Å²) < 4.78 is 0. The van der Waals surface area contributed by atoms with Crippen LogP contribution in [0.1, 0.15) is 32.6 Å². The van der Waals surface area contributed by atoms with E-state index in [1.807, 2.05) is 6.92 Å². The van der Waals surface area contributed by atoms with Gasteiger partial charge in [-0.15, -0.1) is 0 Å². The molecule has 4 nitrogen and oxygen atoms in total. The van der Waals surface area contributed by atoms with E-state index in [1.165, 1.54) is 0 Å². The van der Waals surface area contributed by atoms with Crippen molar-refractivity contribution in [3.8, 4) is 0 Å². The first-order valence-corrected chi connectivity index (χ1v) is 5.27. The van der Waals surface area contributed by atoms with Crippen molar-refractivity contribution < 1.29 is 5.11 Å². The summed E-state index contributed by atoms with van der Waals surface area (Å²) in [6, 6.07) is 0. The van der Waals surface area contributed by atoms with Crippen LogP contribution >= 0.6 is 0 Å². The van der Waals surface area contributed by atoms with Crippen molar-refractivity contribution in [2.24, 2.45) is 5.73 Å². The van der Waals surface area contributed by atoms with Gasteiger partial charge in [0.15, 0.2) is 0 Å². The molecule has 0 spiro atoms. The third kappa shape index (κ3) is 4.07. The maximum Gasteiger partial charge on any atom is 0.0905 e. The van der Waals surface area contributed by atoms with Crippen LogP contribution in [0, 0.1) is 5.41 Å². The molecule has 0 amide bonds. The molecule has 1 heterocycles. The average Bonchev–Trinajstić information content (AvgIpc) is 2.07. The Balaban J connectivity index is 2.13. The molecule has 0 atom stereocenters. The maximum absolute atomic E-state index is 9.73. The third-order valence-electron chi connectivity index (χ3n) is 2.85. The Morgan fingerprint density at radius 3 is 2.57 bits per heavy atom. The fourth-order valence-electron chi connectivity index (χ4n) is 1.75. The molecule has 14 heavy (non-hydrogen) atoms. The minimum absolute atomic E-state index is 0.272. The summed E-state index contributed by atoms with van der Waals surface area (Å²) in [6.07, 6.45) is 3.35. The van der Waals surface area contributed by atoms with E-state index >= 15 is 0 Å². The van der Waals surface area contributed by atoms with Gasteiger partial charge in [0.2, 0.25) is 0 Å². The predicted octanol–water partition coefficient (Wildman–Crippen LogP) is 0.549. The molecule has 0 unspecified atom stereocenters. The van der Waals surface area contributed by atoms with Gasteiger partial charge >= 0.3 is 0 Å². The maximum atomic E-state index is 9.73. The Morgan fingerprint density at radius 2 is 2.07 bits per heavy atom. The van der Waals surface area contributed by atoms with Crippen LogP contribution < -0.4 is 5.73 Å². The van der Waals surface area contributed by atoms with Crippen LogP contribution in [0.4, 0.5) is 0 Å². The lowest BCUT2D eigenvalue weighted by Crippen LogP contribution is -2.42. The first-order valence-electron chi connectivity index (χ1n) is 5.27. The summed E-state index contributed by atoms with van der Waals surface area (Å²) in [6.45, 7) is 4.82. The normalized spacial score (nSPS) is 22.1. The summed E-state index contributed by atoms with van der Waals surface area (Å²) in [7, 11) is 0. The molecule has 1 aliphatic heterocycles. The fraction of sp³-hybridized carbons (Fsp3) is 0.900. The number of amidine groups is 1. The molecule has 1 rings (SSSR count). The Hall–Kier alpha value is -0.610. The monoisotopic (exact) mass is 199 g/mol. The lowest BCUT2D eigenvalue weighted by molar-refractivity contribution is -0.00531. The second kappa shape index (κ2) is 4.75. The van der Waals surface area contributed by atoms with E-state index in [0.29, 0.717) is 6.42 Å². The van der Waals surface area contributed by atoms with Crippen molar-refractivity contribution in [2.75, 3.05) is 19.6 Å². The summed E-state index contributed by atoms with van der Waals surface area (Å²) in [4.78, 5) is 2.33. The SMILES string of the molecule is CC1(O)CCN(CCCC(=N)N)CC1. The number of nitrogens with two attached hydrogens (primary N) is 1. The molecule has 0 aromatic rings. The molecule has 1 aliphatic rings. The van der Waals surface area contributed by atoms with Gasteiger partial charge in [-0.3, -0.25) is 5.41 Å². The van der Waals surface area contributed by atoms with Crippen LogP contribution in [0.25, 0.3) is 0 Å². The van der Waals surface area contributed by atoms with E-state index in [9.17, 15) is 5.11 Å². The number of nitrogens with zero attached hydrogens (tertiary/aromatic N) is 1. The van der Waals surface area contributed by atoms with Crippen LogP contribution in [0.5, 0.6) is 0 Å². The number of likely N-dealkylation sites (tertiary alicyclic amines) is 1. The second-order valence-electron chi connectivity index (χ2n) is 4.47. The average molecular weight is 199 g/mol. The standard InChI is InChI=1S/C10H21N3O/c1-10(14)4-7-13(8-5-10)6-2-3-9(11)12/h14H,2-8H2,1H3,(H3,11,12). The minimum Gasteiger partial charge on any atom is -0.390 e. The van der Waals surface area contributed by atoms with E-state index in [0.717, 1.165) is 38.9 Å². The summed E-state index contributed by atoms with van der Waals surface area (Å²) in [5.41, 5.74) is 4.81. The molecule has 0 saturated carbocycles. The highest BCUT2D eigenvalue weighted by molar-refractivity contribution is 5.76. The topological polar surface area (TPSA) is 73.3 Å². The number of aliphatic hydroxyl groups is 1. The van der Waals surface area contributed by atoms with Crippen LogP contribution in [-0.4, -0.2) is 41.1 Å². The highest BCUT2D eigenvalue weighted by Crippen LogP contribution is 2.20. The molecule has 82 valence electrons. The molecule has 0 aromatic carbocycles. The Labute approximate surface area is 85.6 Å². The van der Waals surface area contributed by atoms with Gasteiger partial charge in [-0.1, -0.05) is 0 Å². The Bertz CT molecular complexity index is 194. The molecular formula is C10H21N3O. The lowest BCUT2D eigenvalue weighted by Gasteiger charge is -2.35. The zero-order valence-corrected chi connectivity index (χ0v) is 8.92. The molecule has 1 fully saturated rings. The minimum atomic E-state index is -0.461. The van der Waals surface area contributed by atoms with Crippen molar-refractivity contribution in [3.05, 3.63) is 0 Å². The van der Waals surface area contributed by atoms with Crippen LogP contribution in [0.2, 0.25) is 0 Å². The molecule has 0 aliphatic carbocycles. The van der Waals surface area contributed by atoms with Crippen molar-refractivity contribution in [1.29, 1.82) is 5.41 Å². The van der Waals surface area contributed by atoms with Gasteiger partial charge in [-0.2, -0.15) is 0 Å². The summed E-state index contributed by atoms with van der Waals surface area (Å²) in [5.74, 6) is 0.272. The van der Waals surface area contributed by atoms with E-state index in [-0.39, 0.29) is 5.84 Å². The first kappa shape index (κ1) is 11.5. The Morgan fingerprint density at radius 1 is 1.50 bits per heavy atom. The van der Waals surface area contributed by atoms with Crippen molar-refractivity contribution >= 4 is 5.84 Å². The zero-order chi connectivity index (χ0) is 10.6. The van der Waals surface area contributed by atoms with Gasteiger partial charge in [-0.25, -0.2) is 0 Å². The van der Waals surface area contributed by atoms with Crippen LogP contribution in [0.3, 0.4) is 0 Å². The van der Waals surface area contributed by atoms with Gasteiger partial charge in [-0.05, 0) is 32.7 Å². The van der Waals surface area contributed by atoms with Gasteiger partial charge < -0.3 is 15.7 Å². The van der Waals surface area contributed by atoms with Gasteiger partial charge in [0.25, 0.3) is 0 Å². The van der Waals surface area contributed by atoms with E-state index in [4.69, 9.17) is 11.1 Å². The quantitative estimate of drug-likeness (QED) is 0.457. The molecule has 1 saturated heterocycles. The number of hydrogen-bond acceptors (Lipinski definition) is 3. The van der Waals surface area contributed by atoms with Crippen LogP contribution in [-0.2, 0) is 0 Å². The molecule has 0 aromatic heterocycles. The zero-order valence-electron chi connectivity index (χ0n) is 8.92. The van der Waals surface area contributed by atoms with Crippen LogP contribution in [0.15, 0.2) is 0 Å². The molecule has 4 N–H and O–H groups in total. The van der Waals surface area contributed by atoms with Gasteiger partial charge in [0.05, 0.1) is 11.4 Å². The predicted molar refractivity (Wildman–Crippen MR) is 57.4 cm³/mol. The number of rotatable bonds is 4.